The monoisotopic (exact) mass is 446 g/mol. The Kier molecular flexibility index (Phi) is 13.6. The van der Waals surface area contributed by atoms with Crippen LogP contribution in [0.3, 0.4) is 0 Å². The van der Waals surface area contributed by atoms with E-state index in [0.717, 1.165) is 56.3 Å². The molecule has 2 aromatic rings. The summed E-state index contributed by atoms with van der Waals surface area (Å²) in [5, 5.41) is 2.52. The van der Waals surface area contributed by atoms with Crippen molar-refractivity contribution in [3.63, 3.8) is 0 Å². The first-order chi connectivity index (χ1) is 15.3. The first-order valence-corrected chi connectivity index (χ1v) is 13.2. The first kappa shape index (κ1) is 25.8. The van der Waals surface area contributed by atoms with Crippen LogP contribution in [0.5, 0.6) is 11.5 Å². The van der Waals surface area contributed by atoms with Crippen LogP contribution in [0.4, 0.5) is 0 Å². The van der Waals surface area contributed by atoms with E-state index < -0.39 is 0 Å². The van der Waals surface area contributed by atoms with Crippen molar-refractivity contribution in [2.75, 3.05) is 19.1 Å². The Balaban J connectivity index is 1.80. The third-order valence-electron chi connectivity index (χ3n) is 5.97. The van der Waals surface area contributed by atoms with Crippen molar-refractivity contribution in [3.05, 3.63) is 35.9 Å². The Morgan fingerprint density at radius 1 is 0.677 bits per heavy atom. The molecule has 0 aliphatic rings. The highest BCUT2D eigenvalue weighted by Gasteiger charge is 2.09. The molecule has 31 heavy (non-hydrogen) atoms. The molecule has 0 unspecified atom stereocenters. The molecule has 0 fully saturated rings. The summed E-state index contributed by atoms with van der Waals surface area (Å²) in [6.45, 7) is 6.08. The molecule has 2 rings (SSSR count). The van der Waals surface area contributed by atoms with Gasteiger partial charge >= 0.3 is 0 Å². The van der Waals surface area contributed by atoms with Crippen LogP contribution in [0.2, 0.25) is 0 Å². The van der Waals surface area contributed by atoms with Crippen molar-refractivity contribution < 1.29 is 9.47 Å². The number of hydrogen-bond donors (Lipinski definition) is 0. The average molecular weight is 447 g/mol. The van der Waals surface area contributed by atoms with E-state index in [4.69, 9.17) is 21.1 Å². The highest BCUT2D eigenvalue weighted by atomic mass is 35.5. The van der Waals surface area contributed by atoms with Crippen molar-refractivity contribution in [2.24, 2.45) is 0 Å². The predicted molar refractivity (Wildman–Crippen MR) is 136 cm³/mol. The molecule has 174 valence electrons. The largest absolute Gasteiger partial charge is 0.494 e. The molecule has 0 spiro atoms. The minimum absolute atomic E-state index is 0.789. The van der Waals surface area contributed by atoms with Crippen molar-refractivity contribution in [2.45, 2.75) is 97.3 Å². The number of rotatable bonds is 18. The highest BCUT2D eigenvalue weighted by Crippen LogP contribution is 2.31. The minimum atomic E-state index is 0.789. The van der Waals surface area contributed by atoms with E-state index in [-0.39, 0.29) is 0 Å². The van der Waals surface area contributed by atoms with E-state index in [1.165, 1.54) is 74.1 Å². The molecule has 2 aromatic carbocycles. The number of alkyl halides is 1. The van der Waals surface area contributed by atoms with Gasteiger partial charge in [0.15, 0.2) is 0 Å². The third kappa shape index (κ3) is 9.73. The maximum absolute atomic E-state index is 6.16. The van der Waals surface area contributed by atoms with Crippen LogP contribution < -0.4 is 9.47 Å². The van der Waals surface area contributed by atoms with Gasteiger partial charge in [0.05, 0.1) is 13.2 Å². The number of ether oxygens (including phenoxy) is 2. The van der Waals surface area contributed by atoms with Crippen molar-refractivity contribution in [1.29, 1.82) is 0 Å². The normalized spacial score (nSPS) is 11.2. The van der Waals surface area contributed by atoms with Crippen LogP contribution in [0.1, 0.15) is 96.5 Å². The molecule has 0 bridgehead atoms. The highest BCUT2D eigenvalue weighted by molar-refractivity contribution is 6.17. The van der Waals surface area contributed by atoms with E-state index in [1.54, 1.807) is 0 Å². The lowest BCUT2D eigenvalue weighted by atomic mass is 10.0. The van der Waals surface area contributed by atoms with Gasteiger partial charge in [-0.05, 0) is 54.7 Å². The topological polar surface area (TPSA) is 18.5 Å². The maximum atomic E-state index is 6.16. The number of aryl methyl sites for hydroxylation is 1. The van der Waals surface area contributed by atoms with Crippen LogP contribution in [-0.4, -0.2) is 19.1 Å². The second-order valence-electron chi connectivity index (χ2n) is 8.55. The molecule has 0 aromatic heterocycles. The summed E-state index contributed by atoms with van der Waals surface area (Å²) in [5.74, 6) is 2.81. The lowest BCUT2D eigenvalue weighted by Gasteiger charge is -2.14. The molecule has 0 radical (unpaired) electrons. The smallest absolute Gasteiger partial charge is 0.123 e. The Hall–Kier alpha value is -1.41. The Morgan fingerprint density at radius 2 is 1.32 bits per heavy atom. The fourth-order valence-electron chi connectivity index (χ4n) is 4.10. The fraction of sp³-hybridized carbons (Fsp3) is 0.643. The summed E-state index contributed by atoms with van der Waals surface area (Å²) in [6.07, 6.45) is 16.0. The second-order valence-corrected chi connectivity index (χ2v) is 8.93. The summed E-state index contributed by atoms with van der Waals surface area (Å²) >= 11 is 5.73. The molecule has 0 aliphatic carbocycles. The van der Waals surface area contributed by atoms with E-state index in [2.05, 4.69) is 44.2 Å². The summed E-state index contributed by atoms with van der Waals surface area (Å²) < 4.78 is 12.2. The third-order valence-corrected chi connectivity index (χ3v) is 6.23. The first-order valence-electron chi connectivity index (χ1n) is 12.7. The zero-order chi connectivity index (χ0) is 22.2. The van der Waals surface area contributed by atoms with Crippen LogP contribution >= 0.6 is 11.6 Å². The van der Waals surface area contributed by atoms with E-state index in [1.807, 2.05) is 0 Å². The fourth-order valence-corrected chi connectivity index (χ4v) is 4.29. The summed E-state index contributed by atoms with van der Waals surface area (Å²) in [7, 11) is 0. The SMILES string of the molecule is CCCCCCCCOc1ccc2c(CC)c(OCCCCCCCCCl)ccc2c1. The molecule has 0 saturated heterocycles. The summed E-state index contributed by atoms with van der Waals surface area (Å²) in [4.78, 5) is 0. The number of hydrogen-bond acceptors (Lipinski definition) is 2. The Bertz CT molecular complexity index is 728. The van der Waals surface area contributed by atoms with Gasteiger partial charge in [-0.1, -0.05) is 83.8 Å². The van der Waals surface area contributed by atoms with Gasteiger partial charge in [-0.15, -0.1) is 11.6 Å². The number of unbranched alkanes of at least 4 members (excludes halogenated alkanes) is 10. The predicted octanol–water partition coefficient (Wildman–Crippen LogP) is 9.10. The van der Waals surface area contributed by atoms with E-state index in [0.29, 0.717) is 0 Å². The summed E-state index contributed by atoms with van der Waals surface area (Å²) in [6, 6.07) is 10.8. The number of fused-ring (bicyclic) bond motifs is 1. The lowest BCUT2D eigenvalue weighted by Crippen LogP contribution is -2.01. The molecule has 0 aliphatic heterocycles. The van der Waals surface area contributed by atoms with Crippen molar-refractivity contribution >= 4 is 22.4 Å². The minimum Gasteiger partial charge on any atom is -0.494 e. The molecule has 0 atom stereocenters. The van der Waals surface area contributed by atoms with E-state index >= 15 is 0 Å². The van der Waals surface area contributed by atoms with Gasteiger partial charge in [0, 0.05) is 11.4 Å². The number of halogens is 1. The van der Waals surface area contributed by atoms with Gasteiger partial charge in [0.25, 0.3) is 0 Å². The van der Waals surface area contributed by atoms with Gasteiger partial charge in [-0.25, -0.2) is 0 Å². The molecule has 0 N–H and O–H groups in total. The molecule has 0 saturated carbocycles. The standard InChI is InChI=1S/C28H43ClO2/c1-3-5-6-7-11-14-21-30-25-17-18-27-24(23-25)16-19-28(26(27)4-2)31-22-15-12-9-8-10-13-20-29/h16-19,23H,3-15,20-22H2,1-2H3. The van der Waals surface area contributed by atoms with Crippen molar-refractivity contribution in [3.8, 4) is 11.5 Å². The maximum Gasteiger partial charge on any atom is 0.123 e. The quantitative estimate of drug-likeness (QED) is 0.168. The molecule has 0 amide bonds. The zero-order valence-corrected chi connectivity index (χ0v) is 20.7. The second kappa shape index (κ2) is 16.3. The Labute approximate surface area is 195 Å². The molecular formula is C28H43ClO2. The number of benzene rings is 2. The van der Waals surface area contributed by atoms with Crippen LogP contribution in [0.25, 0.3) is 10.8 Å². The Morgan fingerprint density at radius 3 is 2.00 bits per heavy atom. The summed E-state index contributed by atoms with van der Waals surface area (Å²) in [5.41, 5.74) is 1.31. The molecule has 3 heteroatoms. The molecule has 2 nitrogen and oxygen atoms in total. The van der Waals surface area contributed by atoms with Gasteiger partial charge in [-0.2, -0.15) is 0 Å². The van der Waals surface area contributed by atoms with Crippen LogP contribution in [0, 0.1) is 0 Å². The lowest BCUT2D eigenvalue weighted by molar-refractivity contribution is 0.302. The average Bonchev–Trinajstić information content (AvgIpc) is 2.79. The van der Waals surface area contributed by atoms with Crippen LogP contribution in [-0.2, 0) is 6.42 Å². The van der Waals surface area contributed by atoms with Gasteiger partial charge in [-0.3, -0.25) is 0 Å². The molecular weight excluding hydrogens is 404 g/mol. The molecule has 0 heterocycles. The van der Waals surface area contributed by atoms with Gasteiger partial charge in [0.2, 0.25) is 0 Å². The van der Waals surface area contributed by atoms with Crippen LogP contribution in [0.15, 0.2) is 30.3 Å². The van der Waals surface area contributed by atoms with Gasteiger partial charge in [0.1, 0.15) is 11.5 Å². The zero-order valence-electron chi connectivity index (χ0n) is 19.9. The van der Waals surface area contributed by atoms with Gasteiger partial charge < -0.3 is 9.47 Å². The van der Waals surface area contributed by atoms with Crippen molar-refractivity contribution in [1.82, 2.24) is 0 Å². The van der Waals surface area contributed by atoms with E-state index in [9.17, 15) is 0 Å².